The van der Waals surface area contributed by atoms with Crippen molar-refractivity contribution < 1.29 is 9.72 Å². The van der Waals surface area contributed by atoms with Gasteiger partial charge in [0.05, 0.1) is 4.92 Å². The SMILES string of the molecule is Cc1ccc(NC(=O)c2cccc(NN)n2)cc1[N+](=O)[O-]. The van der Waals surface area contributed by atoms with E-state index < -0.39 is 10.8 Å². The number of rotatable bonds is 4. The molecule has 0 saturated carbocycles. The minimum absolute atomic E-state index is 0.0573. The van der Waals surface area contributed by atoms with Gasteiger partial charge in [0, 0.05) is 17.3 Å². The highest BCUT2D eigenvalue weighted by Crippen LogP contribution is 2.22. The number of nitrogens with two attached hydrogens (primary N) is 1. The van der Waals surface area contributed by atoms with Gasteiger partial charge in [-0.05, 0) is 25.1 Å². The Morgan fingerprint density at radius 2 is 2.10 bits per heavy atom. The van der Waals surface area contributed by atoms with Crippen molar-refractivity contribution in [1.29, 1.82) is 0 Å². The largest absolute Gasteiger partial charge is 0.320 e. The third-order valence-electron chi connectivity index (χ3n) is 2.79. The Morgan fingerprint density at radius 3 is 2.76 bits per heavy atom. The van der Waals surface area contributed by atoms with Crippen LogP contribution >= 0.6 is 0 Å². The van der Waals surface area contributed by atoms with E-state index in [9.17, 15) is 14.9 Å². The molecule has 1 aromatic carbocycles. The molecule has 0 bridgehead atoms. The average Bonchev–Trinajstić information content (AvgIpc) is 2.49. The molecule has 0 unspecified atom stereocenters. The van der Waals surface area contributed by atoms with Crippen LogP contribution in [0.15, 0.2) is 36.4 Å². The first-order valence-electron chi connectivity index (χ1n) is 6.01. The van der Waals surface area contributed by atoms with E-state index in [4.69, 9.17) is 5.84 Å². The second kappa shape index (κ2) is 5.97. The van der Waals surface area contributed by atoms with E-state index in [1.807, 2.05) is 0 Å². The van der Waals surface area contributed by atoms with Crippen molar-refractivity contribution in [2.75, 3.05) is 10.7 Å². The van der Waals surface area contributed by atoms with E-state index in [0.717, 1.165) is 0 Å². The highest BCUT2D eigenvalue weighted by molar-refractivity contribution is 6.03. The first kappa shape index (κ1) is 14.4. The van der Waals surface area contributed by atoms with Gasteiger partial charge in [-0.15, -0.1) is 0 Å². The molecule has 2 aromatic rings. The lowest BCUT2D eigenvalue weighted by atomic mass is 10.2. The number of aromatic nitrogens is 1. The van der Waals surface area contributed by atoms with Gasteiger partial charge in [-0.2, -0.15) is 0 Å². The fraction of sp³-hybridized carbons (Fsp3) is 0.0769. The number of nitrogen functional groups attached to an aromatic ring is 1. The maximum absolute atomic E-state index is 12.0. The summed E-state index contributed by atoms with van der Waals surface area (Å²) in [5, 5.41) is 13.4. The van der Waals surface area contributed by atoms with Crippen LogP contribution in [-0.2, 0) is 0 Å². The Labute approximate surface area is 120 Å². The standard InChI is InChI=1S/C13H13N5O3/c1-8-5-6-9(7-11(8)18(20)21)15-13(19)10-3-2-4-12(16-10)17-14/h2-7H,14H2,1H3,(H,15,19)(H,16,17). The van der Waals surface area contributed by atoms with Crippen LogP contribution in [0.4, 0.5) is 17.2 Å². The van der Waals surface area contributed by atoms with Gasteiger partial charge in [0.1, 0.15) is 11.5 Å². The van der Waals surface area contributed by atoms with E-state index in [0.29, 0.717) is 17.1 Å². The quantitative estimate of drug-likeness (QED) is 0.448. The summed E-state index contributed by atoms with van der Waals surface area (Å²) >= 11 is 0. The van der Waals surface area contributed by atoms with Crippen LogP contribution in [0.2, 0.25) is 0 Å². The predicted octanol–water partition coefficient (Wildman–Crippen LogP) is 1.84. The number of anilines is 2. The molecule has 4 N–H and O–H groups in total. The number of hydrogen-bond donors (Lipinski definition) is 3. The topological polar surface area (TPSA) is 123 Å². The molecular weight excluding hydrogens is 274 g/mol. The average molecular weight is 287 g/mol. The summed E-state index contributed by atoms with van der Waals surface area (Å²) < 4.78 is 0. The number of nitrogens with one attached hydrogen (secondary N) is 2. The molecule has 0 saturated heterocycles. The smallest absolute Gasteiger partial charge is 0.274 e. The highest BCUT2D eigenvalue weighted by Gasteiger charge is 2.13. The summed E-state index contributed by atoms with van der Waals surface area (Å²) in [5.74, 6) is 5.09. The van der Waals surface area contributed by atoms with E-state index in [-0.39, 0.29) is 11.4 Å². The third kappa shape index (κ3) is 3.31. The molecule has 0 fully saturated rings. The zero-order valence-electron chi connectivity index (χ0n) is 11.2. The maximum Gasteiger partial charge on any atom is 0.274 e. The molecule has 0 aliphatic carbocycles. The van der Waals surface area contributed by atoms with Gasteiger partial charge >= 0.3 is 0 Å². The van der Waals surface area contributed by atoms with Crippen molar-refractivity contribution in [1.82, 2.24) is 4.98 Å². The van der Waals surface area contributed by atoms with Crippen LogP contribution < -0.4 is 16.6 Å². The van der Waals surface area contributed by atoms with Crippen molar-refractivity contribution in [3.63, 3.8) is 0 Å². The van der Waals surface area contributed by atoms with Crippen molar-refractivity contribution in [2.45, 2.75) is 6.92 Å². The summed E-state index contributed by atoms with van der Waals surface area (Å²) in [6.45, 7) is 1.63. The zero-order valence-corrected chi connectivity index (χ0v) is 11.2. The minimum Gasteiger partial charge on any atom is -0.320 e. The lowest BCUT2D eigenvalue weighted by Gasteiger charge is -2.07. The minimum atomic E-state index is -0.498. The molecule has 0 aliphatic rings. The van der Waals surface area contributed by atoms with Gasteiger partial charge < -0.3 is 10.7 Å². The lowest BCUT2D eigenvalue weighted by Crippen LogP contribution is -2.16. The number of hydrogen-bond acceptors (Lipinski definition) is 6. The second-order valence-electron chi connectivity index (χ2n) is 4.26. The van der Waals surface area contributed by atoms with E-state index in [1.54, 1.807) is 31.2 Å². The summed E-state index contributed by atoms with van der Waals surface area (Å²) in [6, 6.07) is 9.20. The molecule has 0 radical (unpaired) electrons. The van der Waals surface area contributed by atoms with Crippen molar-refractivity contribution >= 4 is 23.1 Å². The van der Waals surface area contributed by atoms with Gasteiger partial charge in [0.2, 0.25) is 0 Å². The van der Waals surface area contributed by atoms with E-state index in [2.05, 4.69) is 15.7 Å². The van der Waals surface area contributed by atoms with Crippen molar-refractivity contribution in [3.8, 4) is 0 Å². The molecule has 1 heterocycles. The van der Waals surface area contributed by atoms with Gasteiger partial charge in [-0.3, -0.25) is 14.9 Å². The summed E-state index contributed by atoms with van der Waals surface area (Å²) in [6.07, 6.45) is 0. The van der Waals surface area contributed by atoms with E-state index >= 15 is 0 Å². The number of nitro benzene ring substituents is 1. The predicted molar refractivity (Wildman–Crippen MR) is 77.8 cm³/mol. The summed E-state index contributed by atoms with van der Waals surface area (Å²) in [5.41, 5.74) is 3.27. The third-order valence-corrected chi connectivity index (χ3v) is 2.79. The monoisotopic (exact) mass is 287 g/mol. The molecule has 8 heteroatoms. The fourth-order valence-electron chi connectivity index (χ4n) is 1.72. The molecule has 0 spiro atoms. The number of pyridine rings is 1. The number of nitrogens with zero attached hydrogens (tertiary/aromatic N) is 2. The summed E-state index contributed by atoms with van der Waals surface area (Å²) in [4.78, 5) is 26.4. The molecule has 1 aromatic heterocycles. The van der Waals surface area contributed by atoms with Gasteiger partial charge in [0.15, 0.2) is 0 Å². The van der Waals surface area contributed by atoms with Gasteiger partial charge in [0.25, 0.3) is 11.6 Å². The number of nitro groups is 1. The Balaban J connectivity index is 2.23. The van der Waals surface area contributed by atoms with Crippen LogP contribution in [-0.4, -0.2) is 15.8 Å². The van der Waals surface area contributed by atoms with Gasteiger partial charge in [-0.1, -0.05) is 12.1 Å². The highest BCUT2D eigenvalue weighted by atomic mass is 16.6. The Hall–Kier alpha value is -3.00. The van der Waals surface area contributed by atoms with Crippen LogP contribution in [0.5, 0.6) is 0 Å². The molecule has 8 nitrogen and oxygen atoms in total. The number of aryl methyl sites for hydroxylation is 1. The lowest BCUT2D eigenvalue weighted by molar-refractivity contribution is -0.385. The maximum atomic E-state index is 12.0. The molecule has 108 valence electrons. The molecule has 2 rings (SSSR count). The van der Waals surface area contributed by atoms with Gasteiger partial charge in [-0.25, -0.2) is 10.8 Å². The summed E-state index contributed by atoms with van der Waals surface area (Å²) in [7, 11) is 0. The van der Waals surface area contributed by atoms with Crippen LogP contribution in [0, 0.1) is 17.0 Å². The zero-order chi connectivity index (χ0) is 15.4. The number of carbonyl (C=O) groups excluding carboxylic acids is 1. The Bertz CT molecular complexity index is 702. The molecule has 21 heavy (non-hydrogen) atoms. The normalized spacial score (nSPS) is 10.0. The fourth-order valence-corrected chi connectivity index (χ4v) is 1.72. The Kier molecular flexibility index (Phi) is 4.10. The Morgan fingerprint density at radius 1 is 1.33 bits per heavy atom. The molecule has 0 atom stereocenters. The molecular formula is C13H13N5O3. The molecule has 0 aliphatic heterocycles. The van der Waals surface area contributed by atoms with Crippen molar-refractivity contribution in [3.05, 3.63) is 57.8 Å². The second-order valence-corrected chi connectivity index (χ2v) is 4.26. The van der Waals surface area contributed by atoms with Crippen LogP contribution in [0.25, 0.3) is 0 Å². The first-order valence-corrected chi connectivity index (χ1v) is 6.01. The number of amides is 1. The van der Waals surface area contributed by atoms with Crippen molar-refractivity contribution in [2.24, 2.45) is 5.84 Å². The van der Waals surface area contributed by atoms with E-state index in [1.165, 1.54) is 12.1 Å². The molecule has 1 amide bonds. The van der Waals surface area contributed by atoms with Crippen LogP contribution in [0.3, 0.4) is 0 Å². The number of carbonyl (C=O) groups is 1. The van der Waals surface area contributed by atoms with Crippen LogP contribution in [0.1, 0.15) is 16.1 Å². The number of hydrazine groups is 1. The first-order chi connectivity index (χ1) is 10.0. The number of benzene rings is 1.